The Labute approximate surface area is 103 Å². The quantitative estimate of drug-likeness (QED) is 0.818. The van der Waals surface area contributed by atoms with E-state index in [0.29, 0.717) is 10.7 Å². The first-order chi connectivity index (χ1) is 7.65. The highest BCUT2D eigenvalue weighted by Crippen LogP contribution is 2.21. The van der Waals surface area contributed by atoms with Crippen LogP contribution in [-0.2, 0) is 0 Å². The maximum Gasteiger partial charge on any atom is 0.187 e. The highest BCUT2D eigenvalue weighted by molar-refractivity contribution is 7.80. The van der Waals surface area contributed by atoms with Crippen molar-refractivity contribution in [1.29, 1.82) is 0 Å². The summed E-state index contributed by atoms with van der Waals surface area (Å²) in [6.07, 6.45) is 3.49. The minimum Gasteiger partial charge on any atom is -0.388 e. The van der Waals surface area contributed by atoms with Gasteiger partial charge in [0.05, 0.1) is 5.69 Å². The van der Waals surface area contributed by atoms with Crippen molar-refractivity contribution in [3.8, 4) is 0 Å². The third kappa shape index (κ3) is 2.53. The molecule has 2 rings (SSSR count). The molecule has 0 aliphatic rings. The lowest BCUT2D eigenvalue weighted by molar-refractivity contribution is 1.28. The largest absolute Gasteiger partial charge is 0.388 e. The number of pyridine rings is 1. The first kappa shape index (κ1) is 11.0. The topological polar surface area (TPSA) is 63.8 Å². The number of nitrogens with one attached hydrogen (secondary N) is 1. The Morgan fingerprint density at radius 1 is 1.50 bits per heavy atom. The summed E-state index contributed by atoms with van der Waals surface area (Å²) in [5, 5.41) is 4.02. The zero-order valence-corrected chi connectivity index (χ0v) is 10.2. The van der Waals surface area contributed by atoms with Crippen molar-refractivity contribution in [3.05, 3.63) is 35.1 Å². The Kier molecular flexibility index (Phi) is 3.12. The number of nitrogens with zero attached hydrogens (tertiary/aromatic N) is 2. The summed E-state index contributed by atoms with van der Waals surface area (Å²) < 4.78 is 0. The van der Waals surface area contributed by atoms with Gasteiger partial charge in [-0.25, -0.2) is 4.98 Å². The van der Waals surface area contributed by atoms with Gasteiger partial charge in [-0.1, -0.05) is 12.2 Å². The molecule has 0 saturated heterocycles. The van der Waals surface area contributed by atoms with Gasteiger partial charge in [0.15, 0.2) is 5.13 Å². The van der Waals surface area contributed by atoms with E-state index in [0.717, 1.165) is 15.7 Å². The predicted molar refractivity (Wildman–Crippen MR) is 70.3 cm³/mol. The Morgan fingerprint density at radius 3 is 2.94 bits per heavy atom. The van der Waals surface area contributed by atoms with Crippen molar-refractivity contribution < 1.29 is 0 Å². The van der Waals surface area contributed by atoms with Crippen molar-refractivity contribution >= 4 is 39.4 Å². The standard InChI is InChI=1S/C10H10N4S2/c1-6-5-13-10(16-6)14-7-2-3-12-8(4-7)9(11)15/h2-5H,1H3,(H2,11,15)(H,12,13,14). The molecule has 0 saturated carbocycles. The molecule has 0 aliphatic heterocycles. The fraction of sp³-hybridized carbons (Fsp3) is 0.100. The number of aryl methyl sites for hydroxylation is 1. The lowest BCUT2D eigenvalue weighted by atomic mass is 10.3. The van der Waals surface area contributed by atoms with Gasteiger partial charge in [-0.3, -0.25) is 4.98 Å². The highest BCUT2D eigenvalue weighted by atomic mass is 32.1. The molecule has 3 N–H and O–H groups in total. The first-order valence-electron chi connectivity index (χ1n) is 4.60. The Hall–Kier alpha value is -1.53. The highest BCUT2D eigenvalue weighted by Gasteiger charge is 2.02. The number of nitrogens with two attached hydrogens (primary N) is 1. The number of hydrogen-bond acceptors (Lipinski definition) is 5. The van der Waals surface area contributed by atoms with E-state index in [9.17, 15) is 0 Å². The number of aromatic nitrogens is 2. The summed E-state index contributed by atoms with van der Waals surface area (Å²) in [7, 11) is 0. The molecule has 4 nitrogen and oxygen atoms in total. The fourth-order valence-electron chi connectivity index (χ4n) is 1.18. The van der Waals surface area contributed by atoms with Gasteiger partial charge in [0.2, 0.25) is 0 Å². The van der Waals surface area contributed by atoms with Gasteiger partial charge in [-0.05, 0) is 19.1 Å². The van der Waals surface area contributed by atoms with Crippen molar-refractivity contribution in [2.45, 2.75) is 6.92 Å². The summed E-state index contributed by atoms with van der Waals surface area (Å²) in [4.78, 5) is 9.72. The zero-order chi connectivity index (χ0) is 11.5. The minimum absolute atomic E-state index is 0.291. The Morgan fingerprint density at radius 2 is 2.31 bits per heavy atom. The second-order valence-electron chi connectivity index (χ2n) is 3.20. The molecular weight excluding hydrogens is 240 g/mol. The lowest BCUT2D eigenvalue weighted by Crippen LogP contribution is -2.11. The molecule has 6 heteroatoms. The average Bonchev–Trinajstić information content (AvgIpc) is 2.64. The summed E-state index contributed by atoms with van der Waals surface area (Å²) in [5.74, 6) is 0. The van der Waals surface area contributed by atoms with Crippen molar-refractivity contribution in [2.75, 3.05) is 5.32 Å². The zero-order valence-electron chi connectivity index (χ0n) is 8.60. The second-order valence-corrected chi connectivity index (χ2v) is 4.87. The van der Waals surface area contributed by atoms with Crippen LogP contribution in [0.15, 0.2) is 24.5 Å². The summed E-state index contributed by atoms with van der Waals surface area (Å²) >= 11 is 6.45. The van der Waals surface area contributed by atoms with Crippen LogP contribution in [0.4, 0.5) is 10.8 Å². The molecule has 82 valence electrons. The summed E-state index contributed by atoms with van der Waals surface area (Å²) in [6.45, 7) is 2.01. The van der Waals surface area contributed by atoms with Crippen LogP contribution in [0.25, 0.3) is 0 Å². The summed E-state index contributed by atoms with van der Waals surface area (Å²) in [6, 6.07) is 3.65. The van der Waals surface area contributed by atoms with Crippen LogP contribution in [-0.4, -0.2) is 15.0 Å². The average molecular weight is 250 g/mol. The van der Waals surface area contributed by atoms with E-state index in [1.54, 1.807) is 23.6 Å². The van der Waals surface area contributed by atoms with Crippen LogP contribution in [0.1, 0.15) is 10.6 Å². The van der Waals surface area contributed by atoms with Gasteiger partial charge in [0.1, 0.15) is 4.99 Å². The molecule has 0 atom stereocenters. The van der Waals surface area contributed by atoms with Crippen LogP contribution in [0.3, 0.4) is 0 Å². The van der Waals surface area contributed by atoms with Gasteiger partial charge in [0.25, 0.3) is 0 Å². The molecule has 0 fully saturated rings. The van der Waals surface area contributed by atoms with E-state index in [4.69, 9.17) is 18.0 Å². The predicted octanol–water partition coefficient (Wildman–Crippen LogP) is 2.22. The van der Waals surface area contributed by atoms with Crippen LogP contribution in [0.5, 0.6) is 0 Å². The van der Waals surface area contributed by atoms with E-state index in [1.165, 1.54) is 0 Å². The van der Waals surface area contributed by atoms with Gasteiger partial charge in [0, 0.05) is 23.0 Å². The van der Waals surface area contributed by atoms with E-state index < -0.39 is 0 Å². The van der Waals surface area contributed by atoms with Crippen LogP contribution in [0, 0.1) is 6.92 Å². The van der Waals surface area contributed by atoms with Gasteiger partial charge in [-0.15, -0.1) is 11.3 Å². The fourth-order valence-corrected chi connectivity index (χ4v) is 1.98. The van der Waals surface area contributed by atoms with Crippen molar-refractivity contribution in [3.63, 3.8) is 0 Å². The van der Waals surface area contributed by atoms with E-state index in [2.05, 4.69) is 15.3 Å². The van der Waals surface area contributed by atoms with Gasteiger partial charge >= 0.3 is 0 Å². The molecule has 2 aromatic heterocycles. The normalized spacial score (nSPS) is 10.1. The van der Waals surface area contributed by atoms with Crippen LogP contribution < -0.4 is 11.1 Å². The summed E-state index contributed by atoms with van der Waals surface area (Å²) in [5.41, 5.74) is 6.99. The molecule has 2 aromatic rings. The molecule has 0 aliphatic carbocycles. The lowest BCUT2D eigenvalue weighted by Gasteiger charge is -2.03. The molecule has 2 heterocycles. The van der Waals surface area contributed by atoms with E-state index >= 15 is 0 Å². The number of rotatable bonds is 3. The Balaban J connectivity index is 2.21. The number of thiocarbonyl (C=S) groups is 1. The molecule has 0 spiro atoms. The van der Waals surface area contributed by atoms with E-state index in [-0.39, 0.29) is 0 Å². The number of thiazole rings is 1. The maximum atomic E-state index is 5.51. The molecule has 16 heavy (non-hydrogen) atoms. The maximum absolute atomic E-state index is 5.51. The Bertz CT molecular complexity index is 521. The monoisotopic (exact) mass is 250 g/mol. The second kappa shape index (κ2) is 4.54. The first-order valence-corrected chi connectivity index (χ1v) is 5.83. The molecule has 0 unspecified atom stereocenters. The van der Waals surface area contributed by atoms with Crippen LogP contribution in [0.2, 0.25) is 0 Å². The number of anilines is 2. The van der Waals surface area contributed by atoms with Crippen molar-refractivity contribution in [1.82, 2.24) is 9.97 Å². The molecule has 0 aromatic carbocycles. The van der Waals surface area contributed by atoms with Gasteiger partial charge < -0.3 is 11.1 Å². The third-order valence-corrected chi connectivity index (χ3v) is 2.92. The molecule has 0 amide bonds. The van der Waals surface area contributed by atoms with E-state index in [1.807, 2.05) is 19.2 Å². The third-order valence-electron chi connectivity index (χ3n) is 1.88. The molecule has 0 bridgehead atoms. The van der Waals surface area contributed by atoms with Crippen LogP contribution >= 0.6 is 23.6 Å². The smallest absolute Gasteiger partial charge is 0.187 e. The number of hydrogen-bond donors (Lipinski definition) is 2. The SMILES string of the molecule is Cc1cnc(Nc2ccnc(C(N)=S)c2)s1. The molecule has 0 radical (unpaired) electrons. The minimum atomic E-state index is 0.291. The van der Waals surface area contributed by atoms with Crippen molar-refractivity contribution in [2.24, 2.45) is 5.73 Å². The molecular formula is C10H10N4S2. The van der Waals surface area contributed by atoms with Gasteiger partial charge in [-0.2, -0.15) is 0 Å².